The number of aromatic nitrogens is 1. The summed E-state index contributed by atoms with van der Waals surface area (Å²) < 4.78 is 17.1. The maximum absolute atomic E-state index is 14.0. The predicted octanol–water partition coefficient (Wildman–Crippen LogP) is 3.40. The van der Waals surface area contributed by atoms with Gasteiger partial charge in [-0.1, -0.05) is 6.07 Å². The second kappa shape index (κ2) is 8.67. The van der Waals surface area contributed by atoms with E-state index in [1.807, 2.05) is 42.8 Å². The van der Waals surface area contributed by atoms with Crippen molar-refractivity contribution < 1.29 is 4.39 Å². The fraction of sp³-hybridized carbons (Fsp3) is 0.333. The first-order valence-corrected chi connectivity index (χ1v) is 8.72. The molecule has 0 aliphatic carbocycles. The molecule has 0 aliphatic heterocycles. The lowest BCUT2D eigenvalue weighted by atomic mass is 10.1. The Morgan fingerprint density at radius 1 is 1.44 bits per heavy atom. The SMILES string of the molecule is CCNC(=NCc1ccc(C#N)cc1F)N(C)Cc1cc(Br)cn1C. The number of hydrogen-bond donors (Lipinski definition) is 1. The van der Waals surface area contributed by atoms with Gasteiger partial charge in [0.1, 0.15) is 5.82 Å². The quantitative estimate of drug-likeness (QED) is 0.612. The van der Waals surface area contributed by atoms with E-state index in [1.54, 1.807) is 12.1 Å². The van der Waals surface area contributed by atoms with E-state index < -0.39 is 5.82 Å². The summed E-state index contributed by atoms with van der Waals surface area (Å²) in [4.78, 5) is 6.51. The fourth-order valence-corrected chi connectivity index (χ4v) is 2.99. The summed E-state index contributed by atoms with van der Waals surface area (Å²) in [6, 6.07) is 8.44. The van der Waals surface area contributed by atoms with Crippen molar-refractivity contribution in [3.05, 3.63) is 57.6 Å². The standard InChI is InChI=1S/C18H21BrFN5/c1-4-22-18(25(3)12-16-8-15(19)11-24(16)2)23-10-14-6-5-13(9-21)7-17(14)20/h5-8,11H,4,10,12H2,1-3H3,(H,22,23). The molecule has 0 bridgehead atoms. The highest BCUT2D eigenvalue weighted by molar-refractivity contribution is 9.10. The Balaban J connectivity index is 2.14. The van der Waals surface area contributed by atoms with Crippen LogP contribution in [0.1, 0.15) is 23.7 Å². The van der Waals surface area contributed by atoms with E-state index in [9.17, 15) is 4.39 Å². The van der Waals surface area contributed by atoms with E-state index in [2.05, 4.69) is 32.3 Å². The van der Waals surface area contributed by atoms with Gasteiger partial charge in [0.2, 0.25) is 0 Å². The summed E-state index contributed by atoms with van der Waals surface area (Å²) in [6.07, 6.45) is 2.00. The van der Waals surface area contributed by atoms with Crippen molar-refractivity contribution in [1.82, 2.24) is 14.8 Å². The third kappa shape index (κ3) is 5.07. The third-order valence-corrected chi connectivity index (χ3v) is 4.19. The topological polar surface area (TPSA) is 56.4 Å². The molecule has 0 saturated heterocycles. The minimum absolute atomic E-state index is 0.209. The molecule has 0 atom stereocenters. The van der Waals surface area contributed by atoms with Crippen molar-refractivity contribution in [1.29, 1.82) is 5.26 Å². The number of hydrogen-bond acceptors (Lipinski definition) is 2. The molecule has 7 heteroatoms. The van der Waals surface area contributed by atoms with Crippen molar-refractivity contribution in [2.45, 2.75) is 20.0 Å². The van der Waals surface area contributed by atoms with Crippen LogP contribution in [0.4, 0.5) is 4.39 Å². The third-order valence-electron chi connectivity index (χ3n) is 3.75. The lowest BCUT2D eigenvalue weighted by molar-refractivity contribution is 0.461. The highest BCUT2D eigenvalue weighted by Gasteiger charge is 2.10. The van der Waals surface area contributed by atoms with Crippen LogP contribution in [0.3, 0.4) is 0 Å². The Morgan fingerprint density at radius 2 is 2.20 bits per heavy atom. The van der Waals surface area contributed by atoms with Gasteiger partial charge in [-0.3, -0.25) is 0 Å². The summed E-state index contributed by atoms with van der Waals surface area (Å²) in [5.74, 6) is 0.288. The van der Waals surface area contributed by atoms with Crippen molar-refractivity contribution >= 4 is 21.9 Å². The zero-order chi connectivity index (χ0) is 18.4. The number of nitrogens with zero attached hydrogens (tertiary/aromatic N) is 4. The molecule has 0 amide bonds. The van der Waals surface area contributed by atoms with E-state index in [0.717, 1.165) is 16.7 Å². The molecule has 132 valence electrons. The zero-order valence-corrected chi connectivity index (χ0v) is 16.1. The minimum Gasteiger partial charge on any atom is -0.357 e. The van der Waals surface area contributed by atoms with Crippen LogP contribution < -0.4 is 5.32 Å². The molecule has 0 spiro atoms. The smallest absolute Gasteiger partial charge is 0.194 e. The largest absolute Gasteiger partial charge is 0.357 e. The molecule has 0 radical (unpaired) electrons. The number of nitriles is 1. The van der Waals surface area contributed by atoms with E-state index >= 15 is 0 Å². The van der Waals surface area contributed by atoms with Gasteiger partial charge >= 0.3 is 0 Å². The lowest BCUT2D eigenvalue weighted by Gasteiger charge is -2.22. The second-order valence-corrected chi connectivity index (χ2v) is 6.62. The van der Waals surface area contributed by atoms with Gasteiger partial charge in [0.15, 0.2) is 5.96 Å². The average Bonchev–Trinajstić information content (AvgIpc) is 2.89. The summed E-state index contributed by atoms with van der Waals surface area (Å²) in [5.41, 5.74) is 1.90. The van der Waals surface area contributed by atoms with Crippen LogP contribution in [0.5, 0.6) is 0 Å². The monoisotopic (exact) mass is 405 g/mol. The molecule has 1 heterocycles. The Morgan fingerprint density at radius 3 is 2.76 bits per heavy atom. The molecule has 1 aromatic carbocycles. The first-order chi connectivity index (χ1) is 11.9. The Labute approximate surface area is 155 Å². The van der Waals surface area contributed by atoms with Crippen LogP contribution in [0.25, 0.3) is 0 Å². The summed E-state index contributed by atoms with van der Waals surface area (Å²) in [5, 5.41) is 12.0. The van der Waals surface area contributed by atoms with Crippen molar-refractivity contribution in [3.63, 3.8) is 0 Å². The zero-order valence-electron chi connectivity index (χ0n) is 14.6. The van der Waals surface area contributed by atoms with Gasteiger partial charge in [-0.25, -0.2) is 9.38 Å². The molecule has 0 aliphatic rings. The minimum atomic E-state index is -0.410. The van der Waals surface area contributed by atoms with Gasteiger partial charge in [-0.05, 0) is 41.1 Å². The van der Waals surface area contributed by atoms with Gasteiger partial charge in [0.05, 0.1) is 24.7 Å². The lowest BCUT2D eigenvalue weighted by Crippen LogP contribution is -2.38. The summed E-state index contributed by atoms with van der Waals surface area (Å²) >= 11 is 3.47. The van der Waals surface area contributed by atoms with Gasteiger partial charge in [-0.2, -0.15) is 5.26 Å². The van der Waals surface area contributed by atoms with E-state index in [1.165, 1.54) is 6.07 Å². The van der Waals surface area contributed by atoms with Crippen LogP contribution in [-0.2, 0) is 20.1 Å². The number of nitrogens with one attached hydrogen (secondary N) is 1. The van der Waals surface area contributed by atoms with Crippen LogP contribution in [0, 0.1) is 17.1 Å². The molecule has 2 aromatic rings. The highest BCUT2D eigenvalue weighted by atomic mass is 79.9. The summed E-state index contributed by atoms with van der Waals surface area (Å²) in [6.45, 7) is 3.59. The van der Waals surface area contributed by atoms with Gasteiger partial charge in [0.25, 0.3) is 0 Å². The molecule has 25 heavy (non-hydrogen) atoms. The fourth-order valence-electron chi connectivity index (χ4n) is 2.42. The number of halogens is 2. The van der Waals surface area contributed by atoms with Crippen molar-refractivity contribution in [3.8, 4) is 6.07 Å². The van der Waals surface area contributed by atoms with Crippen molar-refractivity contribution in [2.75, 3.05) is 13.6 Å². The molecule has 0 saturated carbocycles. The molecule has 0 unspecified atom stereocenters. The van der Waals surface area contributed by atoms with Crippen molar-refractivity contribution in [2.24, 2.45) is 12.0 Å². The van der Waals surface area contributed by atoms with Crippen LogP contribution >= 0.6 is 15.9 Å². The first kappa shape index (κ1) is 19.0. The van der Waals surface area contributed by atoms with E-state index in [0.29, 0.717) is 23.6 Å². The van der Waals surface area contributed by atoms with Gasteiger partial charge < -0.3 is 14.8 Å². The van der Waals surface area contributed by atoms with Crippen LogP contribution in [-0.4, -0.2) is 29.0 Å². The van der Waals surface area contributed by atoms with Crippen LogP contribution in [0.15, 0.2) is 39.9 Å². The summed E-state index contributed by atoms with van der Waals surface area (Å²) in [7, 11) is 3.93. The van der Waals surface area contributed by atoms with E-state index in [-0.39, 0.29) is 6.54 Å². The predicted molar refractivity (Wildman–Crippen MR) is 101 cm³/mol. The normalized spacial score (nSPS) is 11.3. The number of aryl methyl sites for hydroxylation is 1. The molecule has 1 N–H and O–H groups in total. The number of rotatable bonds is 5. The molecule has 1 aromatic heterocycles. The Kier molecular flexibility index (Phi) is 6.59. The van der Waals surface area contributed by atoms with Crippen LogP contribution in [0.2, 0.25) is 0 Å². The second-order valence-electron chi connectivity index (χ2n) is 5.70. The maximum Gasteiger partial charge on any atom is 0.194 e. The average molecular weight is 406 g/mol. The molecule has 2 rings (SSSR count). The number of benzene rings is 1. The Hall–Kier alpha value is -2.33. The maximum atomic E-state index is 14.0. The number of guanidine groups is 1. The van der Waals surface area contributed by atoms with Gasteiger partial charge in [-0.15, -0.1) is 0 Å². The molecule has 5 nitrogen and oxygen atoms in total. The van der Waals surface area contributed by atoms with E-state index in [4.69, 9.17) is 5.26 Å². The first-order valence-electron chi connectivity index (χ1n) is 7.93. The Bertz CT molecular complexity index is 806. The molecular formula is C18H21BrFN5. The highest BCUT2D eigenvalue weighted by Crippen LogP contribution is 2.15. The molecular weight excluding hydrogens is 385 g/mol. The molecule has 0 fully saturated rings. The number of aliphatic imine (C=N–C) groups is 1. The van der Waals surface area contributed by atoms with Gasteiger partial charge in [0, 0.05) is 42.6 Å².